The van der Waals surface area contributed by atoms with Crippen molar-refractivity contribution in [1.82, 2.24) is 0 Å². The molecule has 0 saturated carbocycles. The van der Waals surface area contributed by atoms with E-state index in [2.05, 4.69) is 0 Å². The molecule has 5 heteroatoms. The maximum atomic E-state index is 9.65. The molecular weight excluding hydrogens is 121 g/mol. The second-order valence-electron chi connectivity index (χ2n) is 1.13. The number of aliphatic hydroxyl groups excluding tert-OH is 1. The molecule has 0 aromatic carbocycles. The predicted octanol–water partition coefficient (Wildman–Crippen LogP) is -2.26. The molecule has 44 valence electrons. The first kappa shape index (κ1) is 11.2. The van der Waals surface area contributed by atoms with E-state index in [4.69, 9.17) is 15.9 Å². The molecule has 0 spiro atoms. The average Bonchev–Trinajstić information content (AvgIpc) is 1.65. The first-order valence-corrected chi connectivity index (χ1v) is 1.77. The van der Waals surface area contributed by atoms with E-state index >= 15 is 0 Å². The van der Waals surface area contributed by atoms with Crippen molar-refractivity contribution in [3.05, 3.63) is 0 Å². The number of aliphatic hydroxyl groups is 1. The normalized spacial score (nSPS) is 11.8. The molecule has 8 heavy (non-hydrogen) atoms. The summed E-state index contributed by atoms with van der Waals surface area (Å²) in [5, 5.41) is 15.9. The standard InChI is InChI=1S/C3H7NO3.Na.H/c4-2(1-5)3(6)7;;/h2,5H,1,4H2,(H,6,7);;. The zero-order valence-corrected chi connectivity index (χ0v) is 3.66. The van der Waals surface area contributed by atoms with Crippen LogP contribution in [-0.4, -0.2) is 58.4 Å². The number of hydrogen-bond acceptors (Lipinski definition) is 3. The Labute approximate surface area is 69.0 Å². The van der Waals surface area contributed by atoms with Gasteiger partial charge in [-0.05, 0) is 0 Å². The summed E-state index contributed by atoms with van der Waals surface area (Å²) in [7, 11) is 0. The number of hydrogen-bond donors (Lipinski definition) is 3. The maximum absolute atomic E-state index is 9.65. The van der Waals surface area contributed by atoms with Gasteiger partial charge >= 0.3 is 35.5 Å². The van der Waals surface area contributed by atoms with Crippen LogP contribution in [-0.2, 0) is 4.79 Å². The van der Waals surface area contributed by atoms with Gasteiger partial charge in [-0.1, -0.05) is 0 Å². The van der Waals surface area contributed by atoms with Crippen LogP contribution < -0.4 is 5.73 Å². The molecule has 0 aliphatic heterocycles. The van der Waals surface area contributed by atoms with Crippen LogP contribution in [0.25, 0.3) is 0 Å². The molecule has 0 aromatic heterocycles. The molecule has 1 atom stereocenters. The van der Waals surface area contributed by atoms with E-state index in [0.717, 1.165) is 0 Å². The number of carboxylic acid groups (broad SMARTS) is 1. The Morgan fingerprint density at radius 3 is 2.12 bits per heavy atom. The third kappa shape index (κ3) is 4.55. The molecule has 0 aromatic rings. The third-order valence-electron chi connectivity index (χ3n) is 0.514. The van der Waals surface area contributed by atoms with Gasteiger partial charge in [0.15, 0.2) is 0 Å². The molecule has 4 N–H and O–H groups in total. The zero-order chi connectivity index (χ0) is 5.86. The fourth-order valence-electron chi connectivity index (χ4n) is 0.0781. The van der Waals surface area contributed by atoms with Gasteiger partial charge < -0.3 is 15.9 Å². The fourth-order valence-corrected chi connectivity index (χ4v) is 0.0781. The molecule has 0 aliphatic rings. The minimum absolute atomic E-state index is 0. The van der Waals surface area contributed by atoms with Crippen LogP contribution in [0.2, 0.25) is 0 Å². The zero-order valence-electron chi connectivity index (χ0n) is 3.66. The molecule has 0 radical (unpaired) electrons. The molecule has 4 nitrogen and oxygen atoms in total. The van der Waals surface area contributed by atoms with Crippen molar-refractivity contribution in [3.63, 3.8) is 0 Å². The summed E-state index contributed by atoms with van der Waals surface area (Å²) in [5.74, 6) is -1.18. The molecular formula is C3H8NNaO3. The average molecular weight is 129 g/mol. The van der Waals surface area contributed by atoms with Crippen molar-refractivity contribution < 1.29 is 15.0 Å². The van der Waals surface area contributed by atoms with Gasteiger partial charge in [0.2, 0.25) is 0 Å². The first-order valence-electron chi connectivity index (χ1n) is 1.77. The Hall–Kier alpha value is 0.390. The number of aliphatic carboxylic acids is 1. The van der Waals surface area contributed by atoms with E-state index in [1.165, 1.54) is 0 Å². The summed E-state index contributed by atoms with van der Waals surface area (Å²) < 4.78 is 0. The number of nitrogens with two attached hydrogens (primary N) is 1. The Morgan fingerprint density at radius 1 is 1.75 bits per heavy atom. The van der Waals surface area contributed by atoms with Crippen molar-refractivity contribution in [3.8, 4) is 0 Å². The number of rotatable bonds is 2. The summed E-state index contributed by atoms with van der Waals surface area (Å²) >= 11 is 0. The van der Waals surface area contributed by atoms with E-state index in [1.807, 2.05) is 0 Å². The Kier molecular flexibility index (Phi) is 7.75. The van der Waals surface area contributed by atoms with Crippen molar-refractivity contribution in [2.75, 3.05) is 6.61 Å². The predicted molar refractivity (Wildman–Crippen MR) is 29.8 cm³/mol. The molecule has 1 unspecified atom stereocenters. The second kappa shape index (κ2) is 5.53. The van der Waals surface area contributed by atoms with Crippen molar-refractivity contribution in [2.45, 2.75) is 6.04 Å². The van der Waals surface area contributed by atoms with Gasteiger partial charge in [-0.2, -0.15) is 0 Å². The van der Waals surface area contributed by atoms with Crippen LogP contribution in [0.4, 0.5) is 0 Å². The van der Waals surface area contributed by atoms with Gasteiger partial charge in [-0.25, -0.2) is 0 Å². The van der Waals surface area contributed by atoms with Crippen LogP contribution in [0.3, 0.4) is 0 Å². The van der Waals surface area contributed by atoms with Crippen LogP contribution >= 0.6 is 0 Å². The molecule has 0 fully saturated rings. The molecule has 0 bridgehead atoms. The molecule has 0 saturated heterocycles. The van der Waals surface area contributed by atoms with Gasteiger partial charge in [0.25, 0.3) is 0 Å². The van der Waals surface area contributed by atoms with E-state index < -0.39 is 18.6 Å². The second-order valence-corrected chi connectivity index (χ2v) is 1.13. The van der Waals surface area contributed by atoms with E-state index in [0.29, 0.717) is 0 Å². The molecule has 0 rings (SSSR count). The number of carboxylic acids is 1. The van der Waals surface area contributed by atoms with Crippen LogP contribution in [0, 0.1) is 0 Å². The van der Waals surface area contributed by atoms with E-state index in [1.54, 1.807) is 0 Å². The van der Waals surface area contributed by atoms with Crippen molar-refractivity contribution in [1.29, 1.82) is 0 Å². The quantitative estimate of drug-likeness (QED) is 0.367. The Bertz CT molecular complexity index is 76.9. The van der Waals surface area contributed by atoms with Crippen LogP contribution in [0.15, 0.2) is 0 Å². The topological polar surface area (TPSA) is 83.5 Å². The Balaban J connectivity index is 0. The summed E-state index contributed by atoms with van der Waals surface area (Å²) in [5.41, 5.74) is 4.77. The Morgan fingerprint density at radius 2 is 2.12 bits per heavy atom. The summed E-state index contributed by atoms with van der Waals surface area (Å²) in [6, 6.07) is -1.13. The van der Waals surface area contributed by atoms with Gasteiger partial charge in [-0.15, -0.1) is 0 Å². The van der Waals surface area contributed by atoms with Crippen molar-refractivity contribution in [2.24, 2.45) is 5.73 Å². The number of carbonyl (C=O) groups is 1. The molecule has 0 heterocycles. The minimum atomic E-state index is -1.18. The SMILES string of the molecule is NC(CO)C(=O)O.[NaH]. The summed E-state index contributed by atoms with van der Waals surface area (Å²) in [6.45, 7) is -0.505. The van der Waals surface area contributed by atoms with Gasteiger partial charge in [0, 0.05) is 0 Å². The summed E-state index contributed by atoms with van der Waals surface area (Å²) in [6.07, 6.45) is 0. The van der Waals surface area contributed by atoms with Gasteiger partial charge in [0.05, 0.1) is 6.61 Å². The van der Waals surface area contributed by atoms with Gasteiger partial charge in [-0.3, -0.25) is 4.79 Å². The van der Waals surface area contributed by atoms with Crippen molar-refractivity contribution >= 4 is 35.5 Å². The van der Waals surface area contributed by atoms with Gasteiger partial charge in [0.1, 0.15) is 6.04 Å². The monoisotopic (exact) mass is 129 g/mol. The van der Waals surface area contributed by atoms with Crippen LogP contribution in [0.5, 0.6) is 0 Å². The van der Waals surface area contributed by atoms with Crippen LogP contribution in [0.1, 0.15) is 0 Å². The molecule has 0 amide bonds. The molecule has 0 aliphatic carbocycles. The third-order valence-corrected chi connectivity index (χ3v) is 0.514. The van der Waals surface area contributed by atoms with E-state index in [-0.39, 0.29) is 29.6 Å². The summed E-state index contributed by atoms with van der Waals surface area (Å²) in [4.78, 5) is 9.65. The van der Waals surface area contributed by atoms with E-state index in [9.17, 15) is 4.79 Å². The fraction of sp³-hybridized carbons (Fsp3) is 0.667. The first-order chi connectivity index (χ1) is 3.18.